The molecule has 0 unspecified atom stereocenters. The number of rotatable bonds is 2. The molecule has 94 valence electrons. The summed E-state index contributed by atoms with van der Waals surface area (Å²) in [6, 6.07) is 1.85. The molecule has 1 aliphatic carbocycles. The Labute approximate surface area is 110 Å². The van der Waals surface area contributed by atoms with Gasteiger partial charge in [0.2, 0.25) is 5.65 Å². The van der Waals surface area contributed by atoms with Crippen LogP contribution >= 0.6 is 0 Å². The van der Waals surface area contributed by atoms with Gasteiger partial charge < -0.3 is 5.73 Å². The topological polar surface area (TPSA) is 80.5 Å². The number of pyridine rings is 1. The number of hydrogen-bond acceptors (Lipinski definition) is 4. The minimum atomic E-state index is 0.460. The van der Waals surface area contributed by atoms with Crippen molar-refractivity contribution in [2.24, 2.45) is 0 Å². The Bertz CT molecular complexity index is 719. The van der Waals surface area contributed by atoms with Crippen molar-refractivity contribution in [1.29, 1.82) is 0 Å². The van der Waals surface area contributed by atoms with Crippen molar-refractivity contribution >= 4 is 17.0 Å². The Morgan fingerprint density at radius 3 is 2.84 bits per heavy atom. The first-order valence-electron chi connectivity index (χ1n) is 5.99. The molecule has 2 aromatic rings. The lowest BCUT2D eigenvalue weighted by Gasteiger charge is -2.04. The molecule has 5 heteroatoms. The number of hydrogen-bond donors (Lipinski definition) is 2. The van der Waals surface area contributed by atoms with E-state index in [2.05, 4.69) is 32.5 Å². The van der Waals surface area contributed by atoms with Gasteiger partial charge in [0.05, 0.1) is 0 Å². The van der Waals surface area contributed by atoms with Gasteiger partial charge in [0.25, 0.3) is 0 Å². The predicted molar refractivity (Wildman–Crippen MR) is 75.3 cm³/mol. The molecule has 0 saturated carbocycles. The van der Waals surface area contributed by atoms with Crippen molar-refractivity contribution in [3.63, 3.8) is 0 Å². The first-order chi connectivity index (χ1) is 9.33. The number of nitrogen functional groups attached to an aromatic ring is 1. The third-order valence-electron chi connectivity index (χ3n) is 2.85. The van der Waals surface area contributed by atoms with Crippen LogP contribution in [0.3, 0.4) is 0 Å². The van der Waals surface area contributed by atoms with E-state index in [-0.39, 0.29) is 0 Å². The Hall–Kier alpha value is -2.69. The Morgan fingerprint density at radius 2 is 1.89 bits per heavy atom. The second-order valence-corrected chi connectivity index (χ2v) is 4.25. The molecule has 0 atom stereocenters. The van der Waals surface area contributed by atoms with Crippen LogP contribution in [0.15, 0.2) is 54.2 Å². The number of nitrogens with one attached hydrogen (secondary N) is 1. The van der Waals surface area contributed by atoms with Gasteiger partial charge in [-0.2, -0.15) is 10.3 Å². The van der Waals surface area contributed by atoms with Crippen molar-refractivity contribution in [3.8, 4) is 0 Å². The number of nitrogens with zero attached hydrogens (tertiary/aromatic N) is 3. The van der Waals surface area contributed by atoms with Gasteiger partial charge in [0.15, 0.2) is 0 Å². The highest BCUT2D eigenvalue weighted by molar-refractivity contribution is 5.76. The maximum atomic E-state index is 5.79. The van der Waals surface area contributed by atoms with Crippen LogP contribution in [-0.4, -0.2) is 20.4 Å². The van der Waals surface area contributed by atoms with Gasteiger partial charge in [-0.1, -0.05) is 42.5 Å². The second kappa shape index (κ2) is 4.89. The van der Waals surface area contributed by atoms with E-state index in [1.807, 2.05) is 36.4 Å². The quantitative estimate of drug-likeness (QED) is 0.856. The standard InChI is InChI=1S/C14H13N5/c15-12-9-11(13-14(16-12)18-19-17-13)8-10-6-4-2-1-3-5-7-10/h1-7,9H,8H2,(H3,15,16,17,18,19)/b2-1-,3-1?,4-2?,5-3-,6-4-,7-5?,10-6?,10-7+. The number of aromatic nitrogens is 4. The summed E-state index contributed by atoms with van der Waals surface area (Å²) in [6.45, 7) is 0. The largest absolute Gasteiger partial charge is 0.384 e. The van der Waals surface area contributed by atoms with Crippen LogP contribution in [0.2, 0.25) is 0 Å². The number of allylic oxidation sites excluding steroid dienone is 8. The molecule has 2 aromatic heterocycles. The third kappa shape index (κ3) is 2.44. The molecule has 0 aromatic carbocycles. The molecule has 1 aliphatic rings. The molecule has 3 rings (SSSR count). The number of fused-ring (bicyclic) bond motifs is 1. The minimum absolute atomic E-state index is 0.460. The molecule has 0 aliphatic heterocycles. The molecule has 3 N–H and O–H groups in total. The van der Waals surface area contributed by atoms with Crippen LogP contribution in [0, 0.1) is 0 Å². The van der Waals surface area contributed by atoms with E-state index in [0.717, 1.165) is 17.5 Å². The predicted octanol–water partition coefficient (Wildman–Crippen LogP) is 2.09. The van der Waals surface area contributed by atoms with Crippen molar-refractivity contribution < 1.29 is 0 Å². The van der Waals surface area contributed by atoms with E-state index in [9.17, 15) is 0 Å². The molecular formula is C14H13N5. The Morgan fingerprint density at radius 1 is 1.05 bits per heavy atom. The summed E-state index contributed by atoms with van der Waals surface area (Å²) >= 11 is 0. The summed E-state index contributed by atoms with van der Waals surface area (Å²) in [7, 11) is 0. The monoisotopic (exact) mass is 251 g/mol. The SMILES string of the molecule is Nc1cc(CC2=C/C=C\C=C/C=C\2)c2n[nH]nc2n1. The highest BCUT2D eigenvalue weighted by Crippen LogP contribution is 2.19. The lowest BCUT2D eigenvalue weighted by atomic mass is 10.0. The average Bonchev–Trinajstić information content (AvgIpc) is 2.80. The van der Waals surface area contributed by atoms with E-state index in [1.54, 1.807) is 0 Å². The number of anilines is 1. The average molecular weight is 251 g/mol. The fourth-order valence-electron chi connectivity index (χ4n) is 2.00. The smallest absolute Gasteiger partial charge is 0.203 e. The molecule has 0 bridgehead atoms. The number of aromatic amines is 1. The highest BCUT2D eigenvalue weighted by atomic mass is 15.3. The zero-order valence-corrected chi connectivity index (χ0v) is 10.2. The van der Waals surface area contributed by atoms with Crippen LogP contribution < -0.4 is 5.73 Å². The van der Waals surface area contributed by atoms with E-state index >= 15 is 0 Å². The second-order valence-electron chi connectivity index (χ2n) is 4.25. The van der Waals surface area contributed by atoms with E-state index in [4.69, 9.17) is 5.73 Å². The molecule has 19 heavy (non-hydrogen) atoms. The lowest BCUT2D eigenvalue weighted by molar-refractivity contribution is 0.953. The molecule has 0 fully saturated rings. The highest BCUT2D eigenvalue weighted by Gasteiger charge is 2.09. The minimum Gasteiger partial charge on any atom is -0.384 e. The van der Waals surface area contributed by atoms with Crippen molar-refractivity contribution in [2.75, 3.05) is 5.73 Å². The van der Waals surface area contributed by atoms with Gasteiger partial charge in [-0.15, -0.1) is 5.10 Å². The molecule has 0 saturated heterocycles. The molecule has 5 nitrogen and oxygen atoms in total. The van der Waals surface area contributed by atoms with Crippen LogP contribution in [-0.2, 0) is 6.42 Å². The van der Waals surface area contributed by atoms with E-state index < -0.39 is 0 Å². The van der Waals surface area contributed by atoms with Crippen molar-refractivity contribution in [2.45, 2.75) is 6.42 Å². The van der Waals surface area contributed by atoms with Gasteiger partial charge in [0, 0.05) is 0 Å². The first-order valence-corrected chi connectivity index (χ1v) is 5.99. The van der Waals surface area contributed by atoms with Crippen LogP contribution in [0.4, 0.5) is 5.82 Å². The maximum Gasteiger partial charge on any atom is 0.203 e. The summed E-state index contributed by atoms with van der Waals surface area (Å²) in [4.78, 5) is 4.13. The first kappa shape index (κ1) is 11.4. The van der Waals surface area contributed by atoms with Gasteiger partial charge >= 0.3 is 0 Å². The Balaban J connectivity index is 1.99. The zero-order chi connectivity index (χ0) is 13.1. The van der Waals surface area contributed by atoms with Crippen LogP contribution in [0.1, 0.15) is 5.56 Å². The summed E-state index contributed by atoms with van der Waals surface area (Å²) in [6.07, 6.45) is 14.9. The third-order valence-corrected chi connectivity index (χ3v) is 2.85. The van der Waals surface area contributed by atoms with Crippen LogP contribution in [0.25, 0.3) is 11.2 Å². The maximum absolute atomic E-state index is 5.79. The zero-order valence-electron chi connectivity index (χ0n) is 10.2. The fourth-order valence-corrected chi connectivity index (χ4v) is 2.00. The summed E-state index contributed by atoms with van der Waals surface area (Å²) in [5.41, 5.74) is 9.31. The summed E-state index contributed by atoms with van der Waals surface area (Å²) in [5, 5.41) is 10.7. The van der Waals surface area contributed by atoms with E-state index in [1.165, 1.54) is 5.57 Å². The molecule has 0 radical (unpaired) electrons. The summed E-state index contributed by atoms with van der Waals surface area (Å²) < 4.78 is 0. The van der Waals surface area contributed by atoms with Gasteiger partial charge in [0.1, 0.15) is 11.3 Å². The lowest BCUT2D eigenvalue weighted by Crippen LogP contribution is -1.96. The van der Waals surface area contributed by atoms with Crippen molar-refractivity contribution in [1.82, 2.24) is 20.4 Å². The normalized spacial score (nSPS) is 22.2. The summed E-state index contributed by atoms with van der Waals surface area (Å²) in [5.74, 6) is 0.460. The van der Waals surface area contributed by atoms with Gasteiger partial charge in [-0.3, -0.25) is 0 Å². The van der Waals surface area contributed by atoms with Crippen LogP contribution in [0.5, 0.6) is 0 Å². The number of nitrogens with two attached hydrogens (primary N) is 1. The van der Waals surface area contributed by atoms with E-state index in [0.29, 0.717) is 11.5 Å². The fraction of sp³-hybridized carbons (Fsp3) is 0.0714. The molecule has 0 amide bonds. The Kier molecular flexibility index (Phi) is 2.94. The molecule has 2 heterocycles. The van der Waals surface area contributed by atoms with Gasteiger partial charge in [-0.05, 0) is 23.6 Å². The molecular weight excluding hydrogens is 238 g/mol. The van der Waals surface area contributed by atoms with Crippen molar-refractivity contribution in [3.05, 3.63) is 59.7 Å². The molecule has 0 spiro atoms. The van der Waals surface area contributed by atoms with Gasteiger partial charge in [-0.25, -0.2) is 4.98 Å². The number of H-pyrrole nitrogens is 1.